The number of phenolic OH excluding ortho intramolecular Hbond substituents is 1. The summed E-state index contributed by atoms with van der Waals surface area (Å²) in [5.41, 5.74) is 7.88. The molecule has 1 unspecified atom stereocenters. The summed E-state index contributed by atoms with van der Waals surface area (Å²) in [6, 6.07) is 11.0. The fraction of sp³-hybridized carbons (Fsp3) is 0.235. The van der Waals surface area contributed by atoms with E-state index in [0.29, 0.717) is 18.5 Å². The fourth-order valence-corrected chi connectivity index (χ4v) is 3.03. The summed E-state index contributed by atoms with van der Waals surface area (Å²) in [6.07, 6.45) is 0.717. The number of fused-ring (bicyclic) bond motifs is 1. The number of benzene rings is 2. The number of hydrogen-bond donors (Lipinski definition) is 2. The van der Waals surface area contributed by atoms with E-state index < -0.39 is 11.9 Å². The van der Waals surface area contributed by atoms with Crippen LogP contribution in [-0.2, 0) is 11.2 Å². The van der Waals surface area contributed by atoms with Crippen LogP contribution in [0, 0.1) is 5.82 Å². The summed E-state index contributed by atoms with van der Waals surface area (Å²) in [6.45, 7) is 0.377. The van der Waals surface area contributed by atoms with Crippen molar-refractivity contribution in [3.8, 4) is 5.75 Å². The number of nitrogens with zero attached hydrogens (tertiary/aromatic N) is 1. The fourth-order valence-electron chi connectivity index (χ4n) is 3.03. The number of carbonyl (C=O) groups excluding carboxylic acids is 1. The molecule has 0 fully saturated rings. The number of nitrogens with two attached hydrogens (primary N) is 1. The molecule has 2 aromatic rings. The minimum absolute atomic E-state index is 0.0297. The van der Waals surface area contributed by atoms with Gasteiger partial charge in [0.15, 0.2) is 0 Å². The molecule has 0 saturated carbocycles. The Kier molecular flexibility index (Phi) is 3.81. The lowest BCUT2D eigenvalue weighted by atomic mass is 9.87. The molecule has 0 saturated heterocycles. The molecule has 1 heterocycles. The Hall–Kier alpha value is -2.40. The van der Waals surface area contributed by atoms with Crippen molar-refractivity contribution in [1.29, 1.82) is 0 Å². The zero-order chi connectivity index (χ0) is 15.7. The lowest BCUT2D eigenvalue weighted by Gasteiger charge is -2.37. The molecular formula is C17H17FN2O2. The summed E-state index contributed by atoms with van der Waals surface area (Å²) >= 11 is 0. The van der Waals surface area contributed by atoms with Gasteiger partial charge in [-0.15, -0.1) is 0 Å². The molecule has 3 N–H and O–H groups in total. The van der Waals surface area contributed by atoms with Crippen molar-refractivity contribution in [3.63, 3.8) is 0 Å². The number of carbonyl (C=O) groups is 1. The smallest absolute Gasteiger partial charge is 0.237 e. The molecule has 114 valence electrons. The van der Waals surface area contributed by atoms with Crippen LogP contribution in [0.1, 0.15) is 22.7 Å². The molecule has 0 radical (unpaired) electrons. The second-order valence-corrected chi connectivity index (χ2v) is 5.35. The zero-order valence-electron chi connectivity index (χ0n) is 12.0. The van der Waals surface area contributed by atoms with Crippen LogP contribution in [-0.4, -0.2) is 29.0 Å². The molecule has 0 aliphatic carbocycles. The number of hydrogen-bond acceptors (Lipinski definition) is 3. The molecule has 4 nitrogen and oxygen atoms in total. The van der Waals surface area contributed by atoms with E-state index in [1.807, 2.05) is 24.3 Å². The van der Waals surface area contributed by atoms with Crippen molar-refractivity contribution in [2.45, 2.75) is 12.5 Å². The number of aromatic hydroxyl groups is 1. The maximum absolute atomic E-state index is 13.6. The Morgan fingerprint density at radius 1 is 1.27 bits per heavy atom. The van der Waals surface area contributed by atoms with Crippen LogP contribution in [0.15, 0.2) is 42.5 Å². The van der Waals surface area contributed by atoms with Crippen molar-refractivity contribution < 1.29 is 14.3 Å². The molecule has 1 amide bonds. The second-order valence-electron chi connectivity index (χ2n) is 5.35. The number of amides is 1. The van der Waals surface area contributed by atoms with Crippen LogP contribution in [0.3, 0.4) is 0 Å². The van der Waals surface area contributed by atoms with Gasteiger partial charge in [-0.1, -0.05) is 24.3 Å². The summed E-state index contributed by atoms with van der Waals surface area (Å²) in [5.74, 6) is -0.697. The quantitative estimate of drug-likeness (QED) is 0.891. The minimum atomic E-state index is -0.517. The van der Waals surface area contributed by atoms with Crippen LogP contribution in [0.2, 0.25) is 0 Å². The van der Waals surface area contributed by atoms with Crippen LogP contribution in [0.5, 0.6) is 5.75 Å². The van der Waals surface area contributed by atoms with Crippen LogP contribution in [0.4, 0.5) is 4.39 Å². The summed E-state index contributed by atoms with van der Waals surface area (Å²) < 4.78 is 13.6. The Morgan fingerprint density at radius 3 is 2.82 bits per heavy atom. The van der Waals surface area contributed by atoms with Crippen LogP contribution in [0.25, 0.3) is 0 Å². The molecule has 0 bridgehead atoms. The van der Waals surface area contributed by atoms with Gasteiger partial charge in [0.05, 0.1) is 12.6 Å². The Balaban J connectivity index is 2.17. The van der Waals surface area contributed by atoms with E-state index in [-0.39, 0.29) is 18.2 Å². The highest BCUT2D eigenvalue weighted by Crippen LogP contribution is 2.39. The minimum Gasteiger partial charge on any atom is -0.508 e. The average molecular weight is 300 g/mol. The average Bonchev–Trinajstić information content (AvgIpc) is 2.55. The molecule has 5 heteroatoms. The van der Waals surface area contributed by atoms with Crippen LogP contribution >= 0.6 is 0 Å². The summed E-state index contributed by atoms with van der Waals surface area (Å²) in [5, 5.41) is 10.1. The van der Waals surface area contributed by atoms with Gasteiger partial charge in [0.25, 0.3) is 0 Å². The molecule has 1 atom stereocenters. The SMILES string of the molecule is NCC(=O)N1CCc2ccccc2C1c1cc(F)ccc1O. The van der Waals surface area contributed by atoms with Gasteiger partial charge < -0.3 is 15.7 Å². The third-order valence-corrected chi connectivity index (χ3v) is 4.06. The molecule has 1 aliphatic heterocycles. The van der Waals surface area contributed by atoms with Crippen molar-refractivity contribution in [2.75, 3.05) is 13.1 Å². The first-order valence-corrected chi connectivity index (χ1v) is 7.17. The summed E-state index contributed by atoms with van der Waals surface area (Å²) in [7, 11) is 0. The van der Waals surface area contributed by atoms with E-state index in [9.17, 15) is 14.3 Å². The van der Waals surface area contributed by atoms with Gasteiger partial charge in [0.1, 0.15) is 11.6 Å². The molecule has 0 aromatic heterocycles. The molecule has 0 spiro atoms. The number of rotatable bonds is 2. The third-order valence-electron chi connectivity index (χ3n) is 4.06. The standard InChI is InChI=1S/C17H17FN2O2/c18-12-5-6-15(21)14(9-12)17-13-4-2-1-3-11(13)7-8-20(17)16(22)10-19/h1-6,9,17,21H,7-8,10,19H2. The predicted molar refractivity (Wildman–Crippen MR) is 80.8 cm³/mol. The van der Waals surface area contributed by atoms with Crippen molar-refractivity contribution in [1.82, 2.24) is 4.90 Å². The highest BCUT2D eigenvalue weighted by atomic mass is 19.1. The highest BCUT2D eigenvalue weighted by molar-refractivity contribution is 5.79. The van der Waals surface area contributed by atoms with Gasteiger partial charge in [0, 0.05) is 12.1 Å². The maximum Gasteiger partial charge on any atom is 0.237 e. The molecular weight excluding hydrogens is 283 g/mol. The van der Waals surface area contributed by atoms with Gasteiger partial charge in [-0.05, 0) is 35.7 Å². The predicted octanol–water partition coefficient (Wildman–Crippen LogP) is 1.96. The Labute approximate surface area is 128 Å². The van der Waals surface area contributed by atoms with Gasteiger partial charge >= 0.3 is 0 Å². The monoisotopic (exact) mass is 300 g/mol. The third kappa shape index (κ3) is 2.44. The lowest BCUT2D eigenvalue weighted by Crippen LogP contribution is -2.43. The van der Waals surface area contributed by atoms with Crippen LogP contribution < -0.4 is 5.73 Å². The first-order valence-electron chi connectivity index (χ1n) is 7.17. The number of phenols is 1. The van der Waals surface area contributed by atoms with E-state index in [2.05, 4.69) is 0 Å². The van der Waals surface area contributed by atoms with Gasteiger partial charge in [-0.2, -0.15) is 0 Å². The van der Waals surface area contributed by atoms with E-state index in [1.165, 1.54) is 18.2 Å². The molecule has 2 aromatic carbocycles. The zero-order valence-corrected chi connectivity index (χ0v) is 12.0. The summed E-state index contributed by atoms with van der Waals surface area (Å²) in [4.78, 5) is 13.8. The molecule has 3 rings (SSSR count). The highest BCUT2D eigenvalue weighted by Gasteiger charge is 2.32. The topological polar surface area (TPSA) is 66.6 Å². The number of halogens is 1. The van der Waals surface area contributed by atoms with Gasteiger partial charge in [0.2, 0.25) is 5.91 Å². The van der Waals surface area contributed by atoms with Crippen molar-refractivity contribution >= 4 is 5.91 Å². The molecule has 1 aliphatic rings. The van der Waals surface area contributed by atoms with E-state index >= 15 is 0 Å². The molecule has 22 heavy (non-hydrogen) atoms. The first kappa shape index (κ1) is 14.5. The van der Waals surface area contributed by atoms with Crippen molar-refractivity contribution in [2.24, 2.45) is 5.73 Å². The Morgan fingerprint density at radius 2 is 2.05 bits per heavy atom. The van der Waals surface area contributed by atoms with Gasteiger partial charge in [-0.3, -0.25) is 4.79 Å². The van der Waals surface area contributed by atoms with E-state index in [4.69, 9.17) is 5.73 Å². The van der Waals surface area contributed by atoms with Gasteiger partial charge in [-0.25, -0.2) is 4.39 Å². The lowest BCUT2D eigenvalue weighted by molar-refractivity contribution is -0.131. The largest absolute Gasteiger partial charge is 0.508 e. The first-order chi connectivity index (χ1) is 10.6. The van der Waals surface area contributed by atoms with E-state index in [1.54, 1.807) is 4.90 Å². The maximum atomic E-state index is 13.6. The van der Waals surface area contributed by atoms with E-state index in [0.717, 1.165) is 11.1 Å². The second kappa shape index (κ2) is 5.77. The Bertz CT molecular complexity index is 718. The normalized spacial score (nSPS) is 17.2. The van der Waals surface area contributed by atoms with Crippen molar-refractivity contribution in [3.05, 3.63) is 65.0 Å².